The molecule has 2 fully saturated rings. The summed E-state index contributed by atoms with van der Waals surface area (Å²) in [5, 5.41) is 4.80. The Kier molecular flexibility index (Phi) is 3.25. The van der Waals surface area contributed by atoms with Crippen LogP contribution < -0.4 is 0 Å². The lowest BCUT2D eigenvalue weighted by atomic mass is 10.1. The smallest absolute Gasteiger partial charge is 0.257 e. The molecule has 0 unspecified atom stereocenters. The van der Waals surface area contributed by atoms with E-state index in [0.717, 1.165) is 61.4 Å². The van der Waals surface area contributed by atoms with Gasteiger partial charge in [0, 0.05) is 19.0 Å². The van der Waals surface area contributed by atoms with Gasteiger partial charge in [-0.1, -0.05) is 18.2 Å². The quantitative estimate of drug-likeness (QED) is 0.871. The lowest BCUT2D eigenvalue weighted by Crippen LogP contribution is -2.28. The van der Waals surface area contributed by atoms with Crippen molar-refractivity contribution < 1.29 is 4.79 Å². The summed E-state index contributed by atoms with van der Waals surface area (Å²) in [5.41, 5.74) is 3.87. The molecule has 0 bridgehead atoms. The number of hydrogen-bond acceptors (Lipinski definition) is 2. The Morgan fingerprint density at radius 2 is 1.82 bits per heavy atom. The van der Waals surface area contributed by atoms with E-state index >= 15 is 0 Å². The Morgan fingerprint density at radius 3 is 2.45 bits per heavy atom. The second-order valence-corrected chi connectivity index (χ2v) is 6.37. The second kappa shape index (κ2) is 5.27. The molecule has 0 radical (unpaired) electrons. The summed E-state index contributed by atoms with van der Waals surface area (Å²) in [4.78, 5) is 14.9. The van der Waals surface area contributed by atoms with Crippen molar-refractivity contribution in [3.05, 3.63) is 47.3 Å². The van der Waals surface area contributed by atoms with Gasteiger partial charge in [0.2, 0.25) is 0 Å². The second-order valence-electron chi connectivity index (χ2n) is 6.37. The third-order valence-corrected chi connectivity index (χ3v) is 4.72. The molecule has 4 heteroatoms. The Bertz CT molecular complexity index is 695. The van der Waals surface area contributed by atoms with Crippen LogP contribution in [0.4, 0.5) is 0 Å². The van der Waals surface area contributed by atoms with Crippen LogP contribution in [0.15, 0.2) is 30.3 Å². The maximum Gasteiger partial charge on any atom is 0.257 e. The maximum atomic E-state index is 12.9. The SMILES string of the molecule is Cc1c(C(=O)N2CCCC2)c(C2CC2)nn1-c1ccccc1. The fourth-order valence-electron chi connectivity index (χ4n) is 3.33. The number of para-hydroxylation sites is 1. The third kappa shape index (κ3) is 2.23. The lowest BCUT2D eigenvalue weighted by Gasteiger charge is -2.15. The highest BCUT2D eigenvalue weighted by Crippen LogP contribution is 2.42. The molecule has 1 amide bonds. The highest BCUT2D eigenvalue weighted by molar-refractivity contribution is 5.97. The zero-order valence-corrected chi connectivity index (χ0v) is 13.0. The summed E-state index contributed by atoms with van der Waals surface area (Å²) in [6, 6.07) is 10.1. The number of hydrogen-bond donors (Lipinski definition) is 0. The van der Waals surface area contributed by atoms with Crippen molar-refractivity contribution in [1.29, 1.82) is 0 Å². The zero-order chi connectivity index (χ0) is 15.1. The molecule has 4 rings (SSSR count). The number of benzene rings is 1. The molecule has 22 heavy (non-hydrogen) atoms. The van der Waals surface area contributed by atoms with Crippen molar-refractivity contribution in [2.45, 2.75) is 38.5 Å². The van der Waals surface area contributed by atoms with Crippen LogP contribution in [-0.2, 0) is 0 Å². The highest BCUT2D eigenvalue weighted by Gasteiger charge is 2.35. The van der Waals surface area contributed by atoms with Gasteiger partial charge in [-0.15, -0.1) is 0 Å². The van der Waals surface area contributed by atoms with E-state index in [1.807, 2.05) is 46.8 Å². The number of rotatable bonds is 3. The van der Waals surface area contributed by atoms with Crippen molar-refractivity contribution in [2.24, 2.45) is 0 Å². The maximum absolute atomic E-state index is 12.9. The molecule has 2 aliphatic rings. The summed E-state index contributed by atoms with van der Waals surface area (Å²) < 4.78 is 1.94. The fourth-order valence-corrected chi connectivity index (χ4v) is 3.33. The molecule has 1 saturated carbocycles. The normalized spacial score (nSPS) is 18.0. The van der Waals surface area contributed by atoms with E-state index in [1.54, 1.807) is 0 Å². The summed E-state index contributed by atoms with van der Waals surface area (Å²) in [6.45, 7) is 3.80. The minimum Gasteiger partial charge on any atom is -0.339 e. The predicted octanol–water partition coefficient (Wildman–Crippen LogP) is 3.29. The molecule has 4 nitrogen and oxygen atoms in total. The first-order valence-electron chi connectivity index (χ1n) is 8.20. The van der Waals surface area contributed by atoms with Crippen LogP contribution in [0.1, 0.15) is 53.3 Å². The van der Waals surface area contributed by atoms with Crippen LogP contribution in [0.5, 0.6) is 0 Å². The third-order valence-electron chi connectivity index (χ3n) is 4.72. The van der Waals surface area contributed by atoms with Crippen LogP contribution >= 0.6 is 0 Å². The van der Waals surface area contributed by atoms with Gasteiger partial charge in [0.25, 0.3) is 5.91 Å². The molecule has 1 aliphatic heterocycles. The Hall–Kier alpha value is -2.10. The molecule has 0 spiro atoms. The lowest BCUT2D eigenvalue weighted by molar-refractivity contribution is 0.0791. The number of likely N-dealkylation sites (tertiary alicyclic amines) is 1. The number of carbonyl (C=O) groups excluding carboxylic acids is 1. The fraction of sp³-hybridized carbons (Fsp3) is 0.444. The van der Waals surface area contributed by atoms with E-state index in [4.69, 9.17) is 5.10 Å². The predicted molar refractivity (Wildman–Crippen MR) is 85.4 cm³/mol. The van der Waals surface area contributed by atoms with Gasteiger partial charge in [0.05, 0.1) is 22.6 Å². The molecule has 1 aromatic carbocycles. The molecule has 0 N–H and O–H groups in total. The average molecular weight is 295 g/mol. The van der Waals surface area contributed by atoms with Crippen LogP contribution in [0.25, 0.3) is 5.69 Å². The van der Waals surface area contributed by atoms with E-state index in [2.05, 4.69) is 0 Å². The van der Waals surface area contributed by atoms with Gasteiger partial charge < -0.3 is 4.90 Å². The number of nitrogens with zero attached hydrogens (tertiary/aromatic N) is 3. The molecule has 0 atom stereocenters. The van der Waals surface area contributed by atoms with E-state index in [0.29, 0.717) is 5.92 Å². The first-order chi connectivity index (χ1) is 10.8. The van der Waals surface area contributed by atoms with E-state index in [1.165, 1.54) is 0 Å². The van der Waals surface area contributed by atoms with Crippen molar-refractivity contribution in [3.8, 4) is 5.69 Å². The van der Waals surface area contributed by atoms with Crippen LogP contribution in [0.3, 0.4) is 0 Å². The molecule has 1 aromatic heterocycles. The van der Waals surface area contributed by atoms with Gasteiger partial charge in [-0.25, -0.2) is 4.68 Å². The van der Waals surface area contributed by atoms with Crippen molar-refractivity contribution in [1.82, 2.24) is 14.7 Å². The molecule has 1 aliphatic carbocycles. The minimum atomic E-state index is 0.180. The molecular formula is C18H21N3O. The topological polar surface area (TPSA) is 38.1 Å². The molecule has 2 aromatic rings. The highest BCUT2D eigenvalue weighted by atomic mass is 16.2. The van der Waals surface area contributed by atoms with Gasteiger partial charge >= 0.3 is 0 Å². The molecule has 114 valence electrons. The van der Waals surface area contributed by atoms with Crippen molar-refractivity contribution >= 4 is 5.91 Å². The van der Waals surface area contributed by atoms with Crippen molar-refractivity contribution in [2.75, 3.05) is 13.1 Å². The van der Waals surface area contributed by atoms with Gasteiger partial charge in [-0.2, -0.15) is 5.10 Å². The number of carbonyl (C=O) groups is 1. The first-order valence-corrected chi connectivity index (χ1v) is 8.20. The van der Waals surface area contributed by atoms with Crippen LogP contribution in [0.2, 0.25) is 0 Å². The van der Waals surface area contributed by atoms with E-state index in [-0.39, 0.29) is 5.91 Å². The van der Waals surface area contributed by atoms with Crippen LogP contribution in [-0.4, -0.2) is 33.7 Å². The largest absolute Gasteiger partial charge is 0.339 e. The first kappa shape index (κ1) is 13.6. The van der Waals surface area contributed by atoms with Gasteiger partial charge in [0.15, 0.2) is 0 Å². The molecule has 1 saturated heterocycles. The standard InChI is InChI=1S/C18H21N3O/c1-13-16(18(22)20-11-5-6-12-20)17(14-9-10-14)19-21(13)15-7-3-2-4-8-15/h2-4,7-8,14H,5-6,9-12H2,1H3. The van der Waals surface area contributed by atoms with Gasteiger partial charge in [-0.3, -0.25) is 4.79 Å². The molecular weight excluding hydrogens is 274 g/mol. The van der Waals surface area contributed by atoms with Crippen molar-refractivity contribution in [3.63, 3.8) is 0 Å². The average Bonchev–Trinajstić information content (AvgIpc) is 3.12. The Balaban J connectivity index is 1.79. The number of amides is 1. The summed E-state index contributed by atoms with van der Waals surface area (Å²) in [6.07, 6.45) is 4.56. The zero-order valence-electron chi connectivity index (χ0n) is 13.0. The van der Waals surface area contributed by atoms with Gasteiger partial charge in [-0.05, 0) is 44.7 Å². The minimum absolute atomic E-state index is 0.180. The van der Waals surface area contributed by atoms with E-state index in [9.17, 15) is 4.79 Å². The Labute approximate surface area is 130 Å². The number of aromatic nitrogens is 2. The van der Waals surface area contributed by atoms with Gasteiger partial charge in [0.1, 0.15) is 0 Å². The monoisotopic (exact) mass is 295 g/mol. The summed E-state index contributed by atoms with van der Waals surface area (Å²) in [7, 11) is 0. The Morgan fingerprint density at radius 1 is 1.14 bits per heavy atom. The van der Waals surface area contributed by atoms with E-state index < -0.39 is 0 Å². The van der Waals surface area contributed by atoms with Crippen LogP contribution in [0, 0.1) is 6.92 Å². The summed E-state index contributed by atoms with van der Waals surface area (Å²) >= 11 is 0. The summed E-state index contributed by atoms with van der Waals surface area (Å²) in [5.74, 6) is 0.657. The molecule has 2 heterocycles.